The van der Waals surface area contributed by atoms with Crippen molar-refractivity contribution in [3.63, 3.8) is 0 Å². The molecule has 3 rings (SSSR count). The van der Waals surface area contributed by atoms with Crippen LogP contribution in [0.15, 0.2) is 59.0 Å². The van der Waals surface area contributed by atoms with E-state index >= 15 is 0 Å². The molecule has 174 valence electrons. The maximum absolute atomic E-state index is 12.5. The predicted octanol–water partition coefficient (Wildman–Crippen LogP) is 3.55. The van der Waals surface area contributed by atoms with Crippen molar-refractivity contribution in [3.8, 4) is 11.3 Å². The molecule has 1 aromatic heterocycles. The number of esters is 2. The third-order valence-corrected chi connectivity index (χ3v) is 4.66. The van der Waals surface area contributed by atoms with E-state index in [0.717, 1.165) is 0 Å². The molecule has 0 fully saturated rings. The molecule has 1 amide bonds. The zero-order chi connectivity index (χ0) is 24.8. The van der Waals surface area contributed by atoms with Crippen LogP contribution in [0.4, 0.5) is 11.4 Å². The normalized spacial score (nSPS) is 10.2. The Balaban J connectivity index is 1.76. The van der Waals surface area contributed by atoms with Gasteiger partial charge in [0.2, 0.25) is 0 Å². The number of carbonyl (C=O) groups is 3. The zero-order valence-corrected chi connectivity index (χ0v) is 18.6. The van der Waals surface area contributed by atoms with Gasteiger partial charge in [0.25, 0.3) is 11.6 Å². The average Bonchev–Trinajstić information content (AvgIpc) is 3.33. The molecule has 3 aromatic rings. The van der Waals surface area contributed by atoms with E-state index in [0.29, 0.717) is 0 Å². The first-order chi connectivity index (χ1) is 16.2. The van der Waals surface area contributed by atoms with Gasteiger partial charge in [-0.3, -0.25) is 20.2 Å². The van der Waals surface area contributed by atoms with Gasteiger partial charge < -0.3 is 19.2 Å². The zero-order valence-electron chi connectivity index (χ0n) is 17.8. The van der Waals surface area contributed by atoms with Crippen molar-refractivity contribution in [2.75, 3.05) is 19.5 Å². The first kappa shape index (κ1) is 24.1. The lowest BCUT2D eigenvalue weighted by molar-refractivity contribution is -0.384. The van der Waals surface area contributed by atoms with Crippen molar-refractivity contribution >= 4 is 46.6 Å². The second-order valence-corrected chi connectivity index (χ2v) is 7.04. The van der Waals surface area contributed by atoms with Crippen LogP contribution in [0.3, 0.4) is 0 Å². The van der Waals surface area contributed by atoms with Crippen molar-refractivity contribution in [1.82, 2.24) is 5.32 Å². The van der Waals surface area contributed by atoms with Crippen LogP contribution in [0, 0.1) is 10.1 Å². The maximum Gasteiger partial charge on any atom is 0.337 e. The number of ether oxygens (including phenoxy) is 2. The van der Waals surface area contributed by atoms with Gasteiger partial charge in [0.05, 0.1) is 35.8 Å². The third-order valence-electron chi connectivity index (χ3n) is 4.46. The van der Waals surface area contributed by atoms with Crippen molar-refractivity contribution < 1.29 is 33.2 Å². The molecule has 0 aliphatic heterocycles. The Labute approximate surface area is 197 Å². The summed E-state index contributed by atoms with van der Waals surface area (Å²) in [7, 11) is 2.37. The van der Waals surface area contributed by atoms with Gasteiger partial charge in [-0.05, 0) is 48.6 Å². The second kappa shape index (κ2) is 10.4. The molecule has 0 radical (unpaired) electrons. The number of nitro groups is 1. The Morgan fingerprint density at radius 3 is 2.18 bits per heavy atom. The fourth-order valence-corrected chi connectivity index (χ4v) is 3.15. The molecule has 0 bridgehead atoms. The molecule has 0 saturated heterocycles. The third kappa shape index (κ3) is 5.42. The minimum absolute atomic E-state index is 0.0576. The highest BCUT2D eigenvalue weighted by molar-refractivity contribution is 7.80. The molecule has 11 nitrogen and oxygen atoms in total. The van der Waals surface area contributed by atoms with E-state index in [2.05, 4.69) is 20.1 Å². The molecular formula is C22H17N3O8S. The lowest BCUT2D eigenvalue weighted by Crippen LogP contribution is -2.34. The molecule has 0 aliphatic carbocycles. The number of nitrogens with zero attached hydrogens (tertiary/aromatic N) is 1. The van der Waals surface area contributed by atoms with Crippen LogP contribution in [0.1, 0.15) is 31.3 Å². The van der Waals surface area contributed by atoms with Crippen molar-refractivity contribution in [2.45, 2.75) is 0 Å². The van der Waals surface area contributed by atoms with Gasteiger partial charge in [0.15, 0.2) is 10.9 Å². The molecular weight excluding hydrogens is 466 g/mol. The number of methoxy groups -OCH3 is 2. The van der Waals surface area contributed by atoms with Gasteiger partial charge in [0, 0.05) is 11.8 Å². The van der Waals surface area contributed by atoms with Gasteiger partial charge in [-0.15, -0.1) is 0 Å². The summed E-state index contributed by atoms with van der Waals surface area (Å²) in [6.45, 7) is 0. The summed E-state index contributed by atoms with van der Waals surface area (Å²) in [4.78, 5) is 47.0. The van der Waals surface area contributed by atoms with E-state index in [1.54, 1.807) is 6.07 Å². The van der Waals surface area contributed by atoms with Crippen LogP contribution in [0.2, 0.25) is 0 Å². The van der Waals surface area contributed by atoms with Crippen molar-refractivity contribution in [3.05, 3.63) is 81.6 Å². The number of benzene rings is 2. The Kier molecular flexibility index (Phi) is 7.33. The number of amides is 1. The summed E-state index contributed by atoms with van der Waals surface area (Å²) < 4.78 is 14.8. The monoisotopic (exact) mass is 483 g/mol. The first-order valence-corrected chi connectivity index (χ1v) is 9.92. The minimum Gasteiger partial charge on any atom is -0.465 e. The number of carbonyl (C=O) groups excluding carboxylic acids is 3. The fourth-order valence-electron chi connectivity index (χ4n) is 2.94. The van der Waals surface area contributed by atoms with Crippen LogP contribution < -0.4 is 10.6 Å². The van der Waals surface area contributed by atoms with E-state index in [1.807, 2.05) is 0 Å². The number of para-hydroxylation sites is 1. The summed E-state index contributed by atoms with van der Waals surface area (Å²) in [5.41, 5.74) is 0.369. The summed E-state index contributed by atoms with van der Waals surface area (Å²) >= 11 is 5.14. The summed E-state index contributed by atoms with van der Waals surface area (Å²) in [5, 5.41) is 16.2. The molecule has 0 spiro atoms. The molecule has 0 unspecified atom stereocenters. The van der Waals surface area contributed by atoms with Gasteiger partial charge in [-0.25, -0.2) is 9.59 Å². The molecule has 1 heterocycles. The van der Waals surface area contributed by atoms with E-state index in [9.17, 15) is 24.5 Å². The minimum atomic E-state index is -0.723. The number of rotatable bonds is 6. The molecule has 0 saturated carbocycles. The van der Waals surface area contributed by atoms with Gasteiger partial charge in [-0.1, -0.05) is 12.1 Å². The van der Waals surface area contributed by atoms with E-state index in [4.69, 9.17) is 16.6 Å². The lowest BCUT2D eigenvalue weighted by Gasteiger charge is -2.11. The average molecular weight is 483 g/mol. The van der Waals surface area contributed by atoms with Crippen LogP contribution in [0.25, 0.3) is 11.3 Å². The Morgan fingerprint density at radius 1 is 0.971 bits per heavy atom. The summed E-state index contributed by atoms with van der Waals surface area (Å²) in [5.74, 6) is -2.12. The van der Waals surface area contributed by atoms with E-state index in [1.165, 1.54) is 62.8 Å². The van der Waals surface area contributed by atoms with Gasteiger partial charge in [-0.2, -0.15) is 0 Å². The SMILES string of the molecule is COC(=O)c1cc(NC(=S)NC(=O)c2ccc(-c3ccccc3[N+](=O)[O-])o2)cc(C(=O)OC)c1. The first-order valence-electron chi connectivity index (χ1n) is 9.51. The largest absolute Gasteiger partial charge is 0.465 e. The van der Waals surface area contributed by atoms with Gasteiger partial charge in [0.1, 0.15) is 5.76 Å². The Bertz CT molecular complexity index is 1270. The van der Waals surface area contributed by atoms with E-state index < -0.39 is 22.8 Å². The molecule has 2 N–H and O–H groups in total. The lowest BCUT2D eigenvalue weighted by atomic mass is 10.1. The molecule has 34 heavy (non-hydrogen) atoms. The van der Waals surface area contributed by atoms with Crippen molar-refractivity contribution in [2.24, 2.45) is 0 Å². The number of thiocarbonyl (C=S) groups is 1. The second-order valence-electron chi connectivity index (χ2n) is 6.63. The number of nitrogens with one attached hydrogen (secondary N) is 2. The number of hydrogen-bond acceptors (Lipinski definition) is 9. The topological polar surface area (TPSA) is 150 Å². The highest BCUT2D eigenvalue weighted by Crippen LogP contribution is 2.30. The molecule has 0 atom stereocenters. The number of hydrogen-bond donors (Lipinski definition) is 2. The van der Waals surface area contributed by atoms with E-state index in [-0.39, 0.29) is 44.7 Å². The predicted molar refractivity (Wildman–Crippen MR) is 124 cm³/mol. The smallest absolute Gasteiger partial charge is 0.337 e. The number of anilines is 1. The standard InChI is InChI=1S/C22H17N3O8S/c1-31-20(27)12-9-13(21(28)32-2)11-14(10-12)23-22(34)24-19(26)18-8-7-17(33-18)15-5-3-4-6-16(15)25(29)30/h3-11H,1-2H3,(H2,23,24,26,34). The van der Waals surface area contributed by atoms with Crippen LogP contribution in [-0.4, -0.2) is 42.1 Å². The Morgan fingerprint density at radius 2 is 1.59 bits per heavy atom. The van der Waals surface area contributed by atoms with Crippen LogP contribution in [-0.2, 0) is 9.47 Å². The number of furan rings is 1. The van der Waals surface area contributed by atoms with Crippen molar-refractivity contribution in [1.29, 1.82) is 0 Å². The molecule has 12 heteroatoms. The fraction of sp³-hybridized carbons (Fsp3) is 0.0909. The highest BCUT2D eigenvalue weighted by Gasteiger charge is 2.20. The van der Waals surface area contributed by atoms with Crippen LogP contribution in [0.5, 0.6) is 0 Å². The molecule has 2 aromatic carbocycles. The van der Waals surface area contributed by atoms with Crippen LogP contribution >= 0.6 is 12.2 Å². The highest BCUT2D eigenvalue weighted by atomic mass is 32.1. The maximum atomic E-state index is 12.5. The Hall–Kier alpha value is -4.58. The molecule has 0 aliphatic rings. The summed E-state index contributed by atoms with van der Waals surface area (Å²) in [6.07, 6.45) is 0. The quantitative estimate of drug-likeness (QED) is 0.231. The van der Waals surface area contributed by atoms with Gasteiger partial charge >= 0.3 is 11.9 Å². The summed E-state index contributed by atoms with van der Waals surface area (Å²) in [6, 6.07) is 12.7. The number of nitro benzene ring substituents is 1.